The van der Waals surface area contributed by atoms with Gasteiger partial charge in [0.25, 0.3) is 5.91 Å². The number of benzene rings is 2. The molecule has 2 aliphatic heterocycles. The number of ether oxygens (including phenoxy) is 1. The number of piperidine rings is 1. The number of rotatable bonds is 4. The molecule has 0 saturated carbocycles. The van der Waals surface area contributed by atoms with Crippen molar-refractivity contribution >= 4 is 29.2 Å². The van der Waals surface area contributed by atoms with E-state index in [1.54, 1.807) is 12.1 Å². The molecule has 0 aliphatic carbocycles. The maximum atomic E-state index is 13.6. The molecule has 166 valence electrons. The number of quaternary nitrogens is 1. The summed E-state index contributed by atoms with van der Waals surface area (Å²) < 4.78 is 5.83. The Morgan fingerprint density at radius 1 is 1.23 bits per heavy atom. The molecule has 1 fully saturated rings. The van der Waals surface area contributed by atoms with Gasteiger partial charge in [0.2, 0.25) is 0 Å². The summed E-state index contributed by atoms with van der Waals surface area (Å²) in [6, 6.07) is 13.6. The Hall–Kier alpha value is -1.64. The molecular weight excluding hydrogens is 527 g/mol. The molecule has 31 heavy (non-hydrogen) atoms. The van der Waals surface area contributed by atoms with E-state index in [0.717, 1.165) is 25.2 Å². The van der Waals surface area contributed by atoms with Crippen molar-refractivity contribution in [1.29, 1.82) is 0 Å². The third kappa shape index (κ3) is 4.61. The summed E-state index contributed by atoms with van der Waals surface area (Å²) >= 11 is 6.36. The summed E-state index contributed by atoms with van der Waals surface area (Å²) in [6.07, 6.45) is 0.824. The van der Waals surface area contributed by atoms with Gasteiger partial charge in [0.05, 0.1) is 49.3 Å². The average molecular weight is 555 g/mol. The molecule has 1 amide bonds. The van der Waals surface area contributed by atoms with E-state index in [2.05, 4.69) is 26.1 Å². The summed E-state index contributed by atoms with van der Waals surface area (Å²) in [5.41, 5.74) is 3.85. The highest BCUT2D eigenvalue weighted by Crippen LogP contribution is 2.47. The van der Waals surface area contributed by atoms with Crippen LogP contribution in [-0.2, 0) is 9.53 Å². The maximum Gasteiger partial charge on any atom is 0.361 e. The molecule has 0 radical (unpaired) electrons. The van der Waals surface area contributed by atoms with Crippen molar-refractivity contribution in [3.63, 3.8) is 0 Å². The van der Waals surface area contributed by atoms with Crippen LogP contribution in [0.2, 0.25) is 5.02 Å². The Labute approximate surface area is 205 Å². The van der Waals surface area contributed by atoms with Gasteiger partial charge in [-0.1, -0.05) is 41.4 Å². The van der Waals surface area contributed by atoms with Crippen LogP contribution in [0, 0.1) is 6.92 Å². The number of fused-ring (bicyclic) bond motifs is 3. The Morgan fingerprint density at radius 2 is 1.97 bits per heavy atom. The fourth-order valence-corrected chi connectivity index (χ4v) is 5.22. The van der Waals surface area contributed by atoms with Gasteiger partial charge in [-0.05, 0) is 37.6 Å². The molecule has 2 aromatic carbocycles. The van der Waals surface area contributed by atoms with Gasteiger partial charge in [0, 0.05) is 12.1 Å². The van der Waals surface area contributed by atoms with Crippen LogP contribution in [0.25, 0.3) is 0 Å². The highest BCUT2D eigenvalue weighted by atomic mass is 127. The predicted octanol–water partition coefficient (Wildman–Crippen LogP) is 1.18. The molecule has 1 saturated heterocycles. The lowest BCUT2D eigenvalue weighted by molar-refractivity contribution is -0.908. The van der Waals surface area contributed by atoms with E-state index < -0.39 is 0 Å². The fourth-order valence-electron chi connectivity index (χ4n) is 5.00. The smallest absolute Gasteiger partial charge is 0.361 e. The molecule has 4 rings (SSSR count). The van der Waals surface area contributed by atoms with E-state index in [9.17, 15) is 9.59 Å². The number of amides is 1. The maximum absolute atomic E-state index is 13.6. The molecule has 5 nitrogen and oxygen atoms in total. The van der Waals surface area contributed by atoms with Gasteiger partial charge in [-0.25, -0.2) is 4.79 Å². The first kappa shape index (κ1) is 24.0. The van der Waals surface area contributed by atoms with Gasteiger partial charge in [0.15, 0.2) is 6.54 Å². The van der Waals surface area contributed by atoms with Crippen molar-refractivity contribution in [3.8, 4) is 0 Å². The lowest BCUT2D eigenvalue weighted by Crippen LogP contribution is -3.00. The number of anilines is 1. The summed E-state index contributed by atoms with van der Waals surface area (Å²) in [6.45, 7) is 6.27. The minimum Gasteiger partial charge on any atom is -1.00 e. The van der Waals surface area contributed by atoms with Crippen LogP contribution >= 0.6 is 11.6 Å². The zero-order valence-electron chi connectivity index (χ0n) is 18.1. The van der Waals surface area contributed by atoms with Gasteiger partial charge >= 0.3 is 5.97 Å². The summed E-state index contributed by atoms with van der Waals surface area (Å²) in [5, 5.41) is 0.471. The quantitative estimate of drug-likeness (QED) is 0.324. The molecule has 3 atom stereocenters. The van der Waals surface area contributed by atoms with Crippen LogP contribution in [0.3, 0.4) is 0 Å². The highest BCUT2D eigenvalue weighted by molar-refractivity contribution is 6.34. The third-order valence-corrected chi connectivity index (χ3v) is 6.71. The van der Waals surface area contributed by atoms with E-state index >= 15 is 0 Å². The number of nitrogens with zero attached hydrogens (tertiary/aromatic N) is 2. The van der Waals surface area contributed by atoms with Gasteiger partial charge in [-0.15, -0.1) is 0 Å². The zero-order valence-corrected chi connectivity index (χ0v) is 21.0. The number of esters is 1. The lowest BCUT2D eigenvalue weighted by atomic mass is 9.87. The Bertz CT molecular complexity index is 999. The topological polar surface area (TPSA) is 46.6 Å². The van der Waals surface area contributed by atoms with E-state index in [4.69, 9.17) is 16.3 Å². The number of likely N-dealkylation sites (tertiary alicyclic amines) is 1. The van der Waals surface area contributed by atoms with Crippen molar-refractivity contribution in [2.75, 3.05) is 38.2 Å². The molecule has 0 N–H and O–H groups in total. The SMILES string of the molecule is CCOC(=O)C[N+]1(C)CCC2C(C1)c1cc(C)ccc1N2C(=O)c1ccccc1Cl.[I-]. The number of aryl methyl sites for hydroxylation is 1. The third-order valence-electron chi connectivity index (χ3n) is 6.38. The van der Waals surface area contributed by atoms with Crippen molar-refractivity contribution < 1.29 is 42.8 Å². The van der Waals surface area contributed by atoms with Crippen LogP contribution in [-0.4, -0.2) is 55.7 Å². The number of hydrogen-bond acceptors (Lipinski definition) is 3. The first-order valence-electron chi connectivity index (χ1n) is 10.5. The Balaban J connectivity index is 0.00000272. The first-order valence-corrected chi connectivity index (χ1v) is 10.9. The predicted molar refractivity (Wildman–Crippen MR) is 118 cm³/mol. The molecule has 0 aromatic heterocycles. The van der Waals surface area contributed by atoms with E-state index in [1.807, 2.05) is 30.0 Å². The largest absolute Gasteiger partial charge is 1.00 e. The van der Waals surface area contributed by atoms with Crippen LogP contribution in [0.4, 0.5) is 5.69 Å². The molecule has 2 aromatic rings. The van der Waals surface area contributed by atoms with Crippen LogP contribution in [0.15, 0.2) is 42.5 Å². The summed E-state index contributed by atoms with van der Waals surface area (Å²) in [5.74, 6) is -0.0378. The monoisotopic (exact) mass is 554 g/mol. The lowest BCUT2D eigenvalue weighted by Gasteiger charge is -2.43. The summed E-state index contributed by atoms with van der Waals surface area (Å²) in [4.78, 5) is 27.7. The number of carbonyl (C=O) groups is 2. The van der Waals surface area contributed by atoms with E-state index in [-0.39, 0.29) is 47.8 Å². The highest BCUT2D eigenvalue weighted by Gasteiger charge is 2.49. The Kier molecular flexibility index (Phi) is 7.33. The molecule has 7 heteroatoms. The number of carbonyl (C=O) groups excluding carboxylic acids is 2. The molecular formula is C24H28ClIN2O3. The number of hydrogen-bond donors (Lipinski definition) is 0. The summed E-state index contributed by atoms with van der Waals surface area (Å²) in [7, 11) is 2.11. The normalized spacial score (nSPS) is 24.1. The number of halogens is 2. The van der Waals surface area contributed by atoms with E-state index in [0.29, 0.717) is 28.2 Å². The molecule has 2 heterocycles. The fraction of sp³-hybridized carbons (Fsp3) is 0.417. The van der Waals surface area contributed by atoms with Crippen molar-refractivity contribution in [2.24, 2.45) is 0 Å². The molecule has 0 bridgehead atoms. The standard InChI is InChI=1S/C24H28ClN2O3.HI/c1-4-30-23(28)15-27(3)12-11-22-19(14-27)18-13-16(2)9-10-21(18)26(22)24(29)17-7-5-6-8-20(17)25;/h5-10,13,19,22H,4,11-12,14-15H2,1-3H3;1H/q+1;/p-1. The Morgan fingerprint density at radius 3 is 2.68 bits per heavy atom. The van der Waals surface area contributed by atoms with Crippen molar-refractivity contribution in [3.05, 3.63) is 64.2 Å². The van der Waals surface area contributed by atoms with Gasteiger partial charge < -0.3 is 38.1 Å². The number of likely N-dealkylation sites (N-methyl/N-ethyl adjacent to an activating group) is 1. The molecule has 3 unspecified atom stereocenters. The second-order valence-electron chi connectivity index (χ2n) is 8.67. The average Bonchev–Trinajstić information content (AvgIpc) is 3.00. The molecule has 2 aliphatic rings. The van der Waals surface area contributed by atoms with Crippen molar-refractivity contribution in [2.45, 2.75) is 32.2 Å². The van der Waals surface area contributed by atoms with Crippen molar-refractivity contribution in [1.82, 2.24) is 0 Å². The second kappa shape index (κ2) is 9.46. The van der Waals surface area contributed by atoms with Crippen LogP contribution in [0.1, 0.15) is 40.7 Å². The zero-order chi connectivity index (χ0) is 21.5. The van der Waals surface area contributed by atoms with Gasteiger partial charge in [-0.3, -0.25) is 4.79 Å². The molecule has 0 spiro atoms. The first-order chi connectivity index (χ1) is 14.3. The van der Waals surface area contributed by atoms with Crippen LogP contribution in [0.5, 0.6) is 0 Å². The minimum atomic E-state index is -0.162. The van der Waals surface area contributed by atoms with Gasteiger partial charge in [-0.2, -0.15) is 0 Å². The second-order valence-corrected chi connectivity index (χ2v) is 9.08. The van der Waals surface area contributed by atoms with Gasteiger partial charge in [0.1, 0.15) is 0 Å². The van der Waals surface area contributed by atoms with Crippen LogP contribution < -0.4 is 28.9 Å². The van der Waals surface area contributed by atoms with E-state index in [1.165, 1.54) is 11.1 Å². The minimum absolute atomic E-state index is 0.